The average molecular weight is 425 g/mol. The number of benzene rings is 2. The first kappa shape index (κ1) is 21.1. The number of aromatic amines is 1. The Hall–Kier alpha value is -3.10. The van der Waals surface area contributed by atoms with Crippen LogP contribution in [0.5, 0.6) is 0 Å². The fraction of sp³-hybridized carbons (Fsp3) is 0.304. The van der Waals surface area contributed by atoms with Gasteiger partial charge in [0.15, 0.2) is 6.23 Å². The maximum absolute atomic E-state index is 13.1. The Kier molecular flexibility index (Phi) is 6.11. The van der Waals surface area contributed by atoms with Gasteiger partial charge >= 0.3 is 0 Å². The van der Waals surface area contributed by atoms with Crippen LogP contribution in [0.25, 0.3) is 11.4 Å². The highest BCUT2D eigenvalue weighted by molar-refractivity contribution is 5.83. The van der Waals surface area contributed by atoms with E-state index in [9.17, 15) is 13.9 Å². The van der Waals surface area contributed by atoms with Crippen LogP contribution in [0, 0.1) is 23.5 Å². The van der Waals surface area contributed by atoms with Crippen molar-refractivity contribution in [1.82, 2.24) is 14.9 Å². The number of likely N-dealkylation sites (tertiary alicyclic amines) is 1. The lowest BCUT2D eigenvalue weighted by atomic mass is 9.97. The van der Waals surface area contributed by atoms with E-state index in [1.807, 2.05) is 0 Å². The summed E-state index contributed by atoms with van der Waals surface area (Å²) in [6, 6.07) is 12.4. The van der Waals surface area contributed by atoms with E-state index in [4.69, 9.17) is 5.73 Å². The van der Waals surface area contributed by atoms with Crippen molar-refractivity contribution in [2.75, 3.05) is 13.1 Å². The van der Waals surface area contributed by atoms with Gasteiger partial charge in [0.25, 0.3) is 0 Å². The topological polar surface area (TPSA) is 90.5 Å². The lowest BCUT2D eigenvalue weighted by Gasteiger charge is -2.16. The van der Waals surface area contributed by atoms with E-state index in [1.54, 1.807) is 24.3 Å². The first-order valence-electron chi connectivity index (χ1n) is 10.2. The molecule has 6 nitrogen and oxygen atoms in total. The highest BCUT2D eigenvalue weighted by Gasteiger charge is 2.32. The van der Waals surface area contributed by atoms with Crippen LogP contribution in [-0.2, 0) is 6.54 Å². The number of imidazole rings is 1. The summed E-state index contributed by atoms with van der Waals surface area (Å²) in [4.78, 5) is 13.8. The Balaban J connectivity index is 1.41. The van der Waals surface area contributed by atoms with Gasteiger partial charge in [-0.2, -0.15) is 0 Å². The van der Waals surface area contributed by atoms with Crippen LogP contribution >= 0.6 is 0 Å². The number of nitrogens with one attached hydrogen (secondary N) is 1. The molecule has 0 bridgehead atoms. The molecular weight excluding hydrogens is 400 g/mol. The molecule has 0 spiro atoms. The average Bonchev–Trinajstić information content (AvgIpc) is 3.37. The standard InChI is InChI=1S/C23H25F2N5O/c1-14-11-30(12-15-2-6-17(24)7-3-15)13-19(14)21(26)29-23(31)20-10-27-22(28-20)16-4-8-18(25)9-5-16/h2-10,14,19,23,31H,11-13H2,1H3,(H2,26,29)(H,27,28). The van der Waals surface area contributed by atoms with Gasteiger partial charge in [-0.15, -0.1) is 0 Å². The number of aliphatic hydroxyl groups is 1. The third-order valence-corrected chi connectivity index (χ3v) is 5.65. The molecule has 2 heterocycles. The number of amidine groups is 1. The number of hydrogen-bond donors (Lipinski definition) is 3. The van der Waals surface area contributed by atoms with Gasteiger partial charge in [0.2, 0.25) is 0 Å². The predicted octanol–water partition coefficient (Wildman–Crippen LogP) is 3.47. The van der Waals surface area contributed by atoms with Gasteiger partial charge in [-0.1, -0.05) is 19.1 Å². The lowest BCUT2D eigenvalue weighted by Crippen LogP contribution is -2.30. The van der Waals surface area contributed by atoms with Gasteiger partial charge < -0.3 is 15.8 Å². The van der Waals surface area contributed by atoms with Crippen molar-refractivity contribution in [2.24, 2.45) is 22.6 Å². The molecule has 1 aliphatic rings. The second kappa shape index (κ2) is 8.95. The fourth-order valence-corrected chi connectivity index (χ4v) is 3.96. The molecule has 1 aliphatic heterocycles. The van der Waals surface area contributed by atoms with Crippen molar-refractivity contribution in [3.63, 3.8) is 0 Å². The molecule has 1 aromatic heterocycles. The molecule has 1 saturated heterocycles. The maximum atomic E-state index is 13.1. The maximum Gasteiger partial charge on any atom is 0.189 e. The number of aliphatic imine (C=N–C) groups is 1. The molecule has 2 aromatic carbocycles. The minimum absolute atomic E-state index is 0.00888. The van der Waals surface area contributed by atoms with Gasteiger partial charge in [0, 0.05) is 31.1 Å². The predicted molar refractivity (Wildman–Crippen MR) is 115 cm³/mol. The molecule has 0 saturated carbocycles. The first-order valence-corrected chi connectivity index (χ1v) is 10.2. The minimum atomic E-state index is -1.17. The molecule has 3 aromatic rings. The van der Waals surface area contributed by atoms with E-state index in [0.717, 1.165) is 12.1 Å². The van der Waals surface area contributed by atoms with Crippen molar-refractivity contribution in [1.29, 1.82) is 0 Å². The van der Waals surface area contributed by atoms with Crippen molar-refractivity contribution in [2.45, 2.75) is 19.7 Å². The van der Waals surface area contributed by atoms with Gasteiger partial charge in [0.05, 0.1) is 11.9 Å². The Morgan fingerprint density at radius 3 is 2.48 bits per heavy atom. The van der Waals surface area contributed by atoms with Crippen LogP contribution in [0.3, 0.4) is 0 Å². The largest absolute Gasteiger partial charge is 0.387 e. The van der Waals surface area contributed by atoms with Gasteiger partial charge in [-0.25, -0.2) is 18.8 Å². The molecule has 4 N–H and O–H groups in total. The van der Waals surface area contributed by atoms with Gasteiger partial charge in [0.1, 0.15) is 23.3 Å². The Morgan fingerprint density at radius 2 is 1.81 bits per heavy atom. The molecular formula is C23H25F2N5O. The van der Waals surface area contributed by atoms with E-state index < -0.39 is 6.23 Å². The SMILES string of the molecule is CC1CN(Cc2ccc(F)cc2)CC1C(N)=NC(O)c1cnc(-c2ccc(F)cc2)[nH]1. The van der Waals surface area contributed by atoms with E-state index in [0.29, 0.717) is 36.0 Å². The summed E-state index contributed by atoms with van der Waals surface area (Å²) in [5.41, 5.74) is 8.41. The van der Waals surface area contributed by atoms with Crippen LogP contribution in [-0.4, -0.2) is 38.9 Å². The van der Waals surface area contributed by atoms with E-state index >= 15 is 0 Å². The molecule has 0 radical (unpaired) electrons. The molecule has 3 unspecified atom stereocenters. The Labute approximate surface area is 179 Å². The molecule has 8 heteroatoms. The lowest BCUT2D eigenvalue weighted by molar-refractivity contribution is 0.183. The number of aromatic nitrogens is 2. The molecule has 0 aliphatic carbocycles. The van der Waals surface area contributed by atoms with Crippen molar-refractivity contribution >= 4 is 5.84 Å². The number of halogens is 2. The summed E-state index contributed by atoms with van der Waals surface area (Å²) in [7, 11) is 0. The van der Waals surface area contributed by atoms with Crippen molar-refractivity contribution < 1.29 is 13.9 Å². The minimum Gasteiger partial charge on any atom is -0.387 e. The summed E-state index contributed by atoms with van der Waals surface area (Å²) in [6.07, 6.45) is 0.332. The molecule has 162 valence electrons. The van der Waals surface area contributed by atoms with E-state index in [2.05, 4.69) is 26.8 Å². The zero-order valence-corrected chi connectivity index (χ0v) is 17.2. The van der Waals surface area contributed by atoms with Crippen LogP contribution in [0.4, 0.5) is 8.78 Å². The van der Waals surface area contributed by atoms with Crippen LogP contribution in [0.15, 0.2) is 59.7 Å². The highest BCUT2D eigenvalue weighted by Crippen LogP contribution is 2.26. The smallest absolute Gasteiger partial charge is 0.189 e. The Bertz CT molecular complexity index is 1050. The molecule has 1 fully saturated rings. The monoisotopic (exact) mass is 425 g/mol. The number of rotatable bonds is 6. The number of nitrogens with two attached hydrogens (primary N) is 1. The number of hydrogen-bond acceptors (Lipinski definition) is 4. The molecule has 3 atom stereocenters. The van der Waals surface area contributed by atoms with E-state index in [1.165, 1.54) is 30.5 Å². The number of H-pyrrole nitrogens is 1. The zero-order chi connectivity index (χ0) is 22.0. The third kappa shape index (κ3) is 4.98. The second-order valence-corrected chi connectivity index (χ2v) is 8.03. The Morgan fingerprint density at radius 1 is 1.16 bits per heavy atom. The van der Waals surface area contributed by atoms with E-state index in [-0.39, 0.29) is 23.5 Å². The second-order valence-electron chi connectivity index (χ2n) is 8.03. The molecule has 4 rings (SSSR count). The first-order chi connectivity index (χ1) is 14.9. The summed E-state index contributed by atoms with van der Waals surface area (Å²) in [6.45, 7) is 4.36. The molecule has 31 heavy (non-hydrogen) atoms. The van der Waals surface area contributed by atoms with Crippen LogP contribution < -0.4 is 5.73 Å². The van der Waals surface area contributed by atoms with Crippen LogP contribution in [0.2, 0.25) is 0 Å². The summed E-state index contributed by atoms with van der Waals surface area (Å²) >= 11 is 0. The van der Waals surface area contributed by atoms with Gasteiger partial charge in [-0.05, 0) is 47.9 Å². The zero-order valence-electron chi connectivity index (χ0n) is 17.2. The normalized spacial score (nSPS) is 20.8. The summed E-state index contributed by atoms with van der Waals surface area (Å²) in [5, 5.41) is 10.5. The molecule has 0 amide bonds. The number of nitrogens with zero attached hydrogens (tertiary/aromatic N) is 3. The quantitative estimate of drug-likeness (QED) is 0.417. The third-order valence-electron chi connectivity index (χ3n) is 5.65. The van der Waals surface area contributed by atoms with Crippen molar-refractivity contribution in [3.8, 4) is 11.4 Å². The van der Waals surface area contributed by atoms with Gasteiger partial charge in [-0.3, -0.25) is 4.90 Å². The number of aliphatic hydroxyl groups excluding tert-OH is 1. The van der Waals surface area contributed by atoms with Crippen molar-refractivity contribution in [3.05, 3.63) is 77.6 Å². The van der Waals surface area contributed by atoms with Crippen LogP contribution in [0.1, 0.15) is 24.4 Å². The fourth-order valence-electron chi connectivity index (χ4n) is 3.96. The highest BCUT2D eigenvalue weighted by atomic mass is 19.1. The summed E-state index contributed by atoms with van der Waals surface area (Å²) in [5.74, 6) is 0.611. The summed E-state index contributed by atoms with van der Waals surface area (Å²) < 4.78 is 26.2.